The van der Waals surface area contributed by atoms with Gasteiger partial charge in [-0.2, -0.15) is 0 Å². The van der Waals surface area contributed by atoms with Gasteiger partial charge in [-0.3, -0.25) is 4.79 Å². The lowest BCUT2D eigenvalue weighted by atomic mass is 9.99. The van der Waals surface area contributed by atoms with Gasteiger partial charge in [-0.05, 0) is 48.7 Å². The third-order valence-corrected chi connectivity index (χ3v) is 5.72. The topological polar surface area (TPSA) is 51.2 Å². The van der Waals surface area contributed by atoms with Crippen LogP contribution in [0.15, 0.2) is 35.7 Å². The lowest BCUT2D eigenvalue weighted by Crippen LogP contribution is -2.35. The largest absolute Gasteiger partial charge is 0.485 e. The summed E-state index contributed by atoms with van der Waals surface area (Å²) >= 11 is 1.50. The molecule has 0 radical (unpaired) electrons. The summed E-state index contributed by atoms with van der Waals surface area (Å²) in [5.41, 5.74) is 3.22. The van der Waals surface area contributed by atoms with Crippen molar-refractivity contribution in [3.05, 3.63) is 69.2 Å². The Balaban J connectivity index is 1.41. The molecule has 7 heteroatoms. The fourth-order valence-corrected chi connectivity index (χ4v) is 4.00. The molecule has 0 bridgehead atoms. The van der Waals surface area contributed by atoms with E-state index in [2.05, 4.69) is 10.3 Å². The summed E-state index contributed by atoms with van der Waals surface area (Å²) in [5.74, 6) is -0.748. The third-order valence-electron chi connectivity index (χ3n) is 4.89. The van der Waals surface area contributed by atoms with E-state index in [9.17, 15) is 13.6 Å². The molecule has 0 unspecified atom stereocenters. The quantitative estimate of drug-likeness (QED) is 0.675. The highest BCUT2D eigenvalue weighted by Crippen LogP contribution is 2.36. The van der Waals surface area contributed by atoms with Crippen LogP contribution in [0.5, 0.6) is 5.75 Å². The van der Waals surface area contributed by atoms with Gasteiger partial charge < -0.3 is 10.1 Å². The molecular formula is C22H20F2N2O2S. The molecule has 2 aromatic carbocycles. The van der Waals surface area contributed by atoms with Gasteiger partial charge in [0.05, 0.1) is 23.7 Å². The van der Waals surface area contributed by atoms with E-state index in [1.54, 1.807) is 19.1 Å². The number of benzene rings is 2. The van der Waals surface area contributed by atoms with Crippen LogP contribution in [-0.4, -0.2) is 23.5 Å². The average Bonchev–Trinajstić information content (AvgIpc) is 3.28. The molecule has 1 N–H and O–H groups in total. The number of nitrogens with one attached hydrogen (secondary N) is 1. The monoisotopic (exact) mass is 414 g/mol. The molecule has 0 saturated heterocycles. The molecule has 1 aromatic heterocycles. The number of aryl methyl sites for hydroxylation is 2. The lowest BCUT2D eigenvalue weighted by Gasteiger charge is -2.12. The van der Waals surface area contributed by atoms with E-state index < -0.39 is 5.82 Å². The predicted molar refractivity (Wildman–Crippen MR) is 108 cm³/mol. The Morgan fingerprint density at radius 1 is 1.21 bits per heavy atom. The van der Waals surface area contributed by atoms with E-state index in [-0.39, 0.29) is 36.5 Å². The molecule has 4 nitrogen and oxygen atoms in total. The fourth-order valence-electron chi connectivity index (χ4n) is 3.38. The van der Waals surface area contributed by atoms with Crippen molar-refractivity contribution in [3.63, 3.8) is 0 Å². The van der Waals surface area contributed by atoms with Crippen LogP contribution in [0.1, 0.15) is 21.8 Å². The number of hydrogen-bond acceptors (Lipinski definition) is 4. The second-order valence-corrected chi connectivity index (χ2v) is 8.26. The summed E-state index contributed by atoms with van der Waals surface area (Å²) in [7, 11) is 0. The minimum atomic E-state index is -0.481. The molecule has 3 aromatic rings. The zero-order chi connectivity index (χ0) is 20.5. The number of halogens is 2. The number of ether oxygens (including phenoxy) is 1. The molecule has 2 heterocycles. The van der Waals surface area contributed by atoms with Crippen LogP contribution in [0.4, 0.5) is 8.78 Å². The van der Waals surface area contributed by atoms with Gasteiger partial charge in [0.1, 0.15) is 11.9 Å². The number of rotatable bonds is 5. The van der Waals surface area contributed by atoms with Gasteiger partial charge in [-0.25, -0.2) is 13.8 Å². The van der Waals surface area contributed by atoms with Crippen molar-refractivity contribution < 1.29 is 18.3 Å². The van der Waals surface area contributed by atoms with E-state index in [4.69, 9.17) is 4.74 Å². The van der Waals surface area contributed by atoms with Crippen LogP contribution in [0.3, 0.4) is 0 Å². The van der Waals surface area contributed by atoms with Crippen molar-refractivity contribution >= 4 is 17.2 Å². The molecule has 4 rings (SSSR count). The van der Waals surface area contributed by atoms with Gasteiger partial charge in [-0.1, -0.05) is 12.1 Å². The molecular weight excluding hydrogens is 394 g/mol. The molecule has 29 heavy (non-hydrogen) atoms. The molecule has 0 fully saturated rings. The van der Waals surface area contributed by atoms with Crippen LogP contribution in [0, 0.1) is 25.5 Å². The van der Waals surface area contributed by atoms with Gasteiger partial charge >= 0.3 is 0 Å². The molecule has 0 spiro atoms. The Hall–Kier alpha value is -2.80. The maximum absolute atomic E-state index is 14.6. The van der Waals surface area contributed by atoms with Crippen molar-refractivity contribution in [1.29, 1.82) is 0 Å². The van der Waals surface area contributed by atoms with Crippen LogP contribution < -0.4 is 10.1 Å². The average molecular weight is 414 g/mol. The molecule has 1 atom stereocenters. The van der Waals surface area contributed by atoms with Gasteiger partial charge in [0.2, 0.25) is 5.91 Å². The maximum atomic E-state index is 14.6. The van der Waals surface area contributed by atoms with Crippen molar-refractivity contribution in [2.75, 3.05) is 6.54 Å². The third kappa shape index (κ3) is 4.29. The first kappa shape index (κ1) is 19.5. The SMILES string of the molecule is Cc1nc(CC(=O)NC[C@@H]2Cc3cc(-c4ccc(C)c(F)c4)cc(F)c3O2)cs1. The van der Waals surface area contributed by atoms with Crippen LogP contribution in [-0.2, 0) is 17.6 Å². The zero-order valence-corrected chi connectivity index (χ0v) is 16.9. The fraction of sp³-hybridized carbons (Fsp3) is 0.273. The summed E-state index contributed by atoms with van der Waals surface area (Å²) in [6, 6.07) is 8.03. The smallest absolute Gasteiger partial charge is 0.226 e. The number of amides is 1. The van der Waals surface area contributed by atoms with E-state index in [0.717, 1.165) is 16.3 Å². The zero-order valence-electron chi connectivity index (χ0n) is 16.1. The second-order valence-electron chi connectivity index (χ2n) is 7.19. The molecule has 1 aliphatic heterocycles. The molecule has 1 amide bonds. The first-order valence-electron chi connectivity index (χ1n) is 9.32. The van der Waals surface area contributed by atoms with Gasteiger partial charge in [0.25, 0.3) is 0 Å². The van der Waals surface area contributed by atoms with E-state index in [1.807, 2.05) is 18.4 Å². The Morgan fingerprint density at radius 3 is 2.72 bits per heavy atom. The Kier molecular flexibility index (Phi) is 5.32. The predicted octanol–water partition coefficient (Wildman–Crippen LogP) is 4.37. The highest BCUT2D eigenvalue weighted by atomic mass is 32.1. The Labute approximate surface area is 171 Å². The highest BCUT2D eigenvalue weighted by molar-refractivity contribution is 7.09. The summed E-state index contributed by atoms with van der Waals surface area (Å²) in [4.78, 5) is 16.4. The molecule has 0 aliphatic carbocycles. The molecule has 150 valence electrons. The Morgan fingerprint density at radius 2 is 2.00 bits per heavy atom. The summed E-state index contributed by atoms with van der Waals surface area (Å²) < 4.78 is 34.1. The Bertz CT molecular complexity index is 1080. The minimum absolute atomic E-state index is 0.147. The van der Waals surface area contributed by atoms with Gasteiger partial charge in [0.15, 0.2) is 11.6 Å². The summed E-state index contributed by atoms with van der Waals surface area (Å²) in [6.45, 7) is 3.86. The van der Waals surface area contributed by atoms with Crippen LogP contribution >= 0.6 is 11.3 Å². The normalized spacial score (nSPS) is 15.1. The van der Waals surface area contributed by atoms with E-state index in [1.165, 1.54) is 23.5 Å². The van der Waals surface area contributed by atoms with Gasteiger partial charge in [-0.15, -0.1) is 11.3 Å². The van der Waals surface area contributed by atoms with Crippen molar-refractivity contribution in [3.8, 4) is 16.9 Å². The number of carbonyl (C=O) groups excluding carboxylic acids is 1. The minimum Gasteiger partial charge on any atom is -0.485 e. The number of thiazole rings is 1. The maximum Gasteiger partial charge on any atom is 0.226 e. The molecule has 0 saturated carbocycles. The number of carbonyl (C=O) groups is 1. The van der Waals surface area contributed by atoms with Crippen LogP contribution in [0.2, 0.25) is 0 Å². The number of nitrogens with zero attached hydrogens (tertiary/aromatic N) is 1. The molecule has 1 aliphatic rings. The van der Waals surface area contributed by atoms with Crippen molar-refractivity contribution in [2.24, 2.45) is 0 Å². The summed E-state index contributed by atoms with van der Waals surface area (Å²) in [6.07, 6.45) is 0.345. The van der Waals surface area contributed by atoms with Crippen molar-refractivity contribution in [2.45, 2.75) is 32.8 Å². The van der Waals surface area contributed by atoms with Crippen molar-refractivity contribution in [1.82, 2.24) is 10.3 Å². The highest BCUT2D eigenvalue weighted by Gasteiger charge is 2.27. The van der Waals surface area contributed by atoms with Gasteiger partial charge in [0, 0.05) is 17.4 Å². The van der Waals surface area contributed by atoms with E-state index >= 15 is 0 Å². The van der Waals surface area contributed by atoms with E-state index in [0.29, 0.717) is 23.1 Å². The number of hydrogen-bond donors (Lipinski definition) is 1. The standard InChI is InChI=1S/C22H20F2N2O2S/c1-12-3-4-14(7-19(12)23)15-5-16-6-18(28-22(16)20(24)8-15)10-25-21(27)9-17-11-29-13(2)26-17/h3-5,7-8,11,18H,6,9-10H2,1-2H3,(H,25,27)/t18-/m0/s1. The number of aromatic nitrogens is 1. The first-order valence-corrected chi connectivity index (χ1v) is 10.2. The summed E-state index contributed by atoms with van der Waals surface area (Å²) in [5, 5.41) is 5.61. The second kappa shape index (κ2) is 7.91. The number of fused-ring (bicyclic) bond motifs is 1. The lowest BCUT2D eigenvalue weighted by molar-refractivity contribution is -0.120. The first-order chi connectivity index (χ1) is 13.9. The van der Waals surface area contributed by atoms with Crippen LogP contribution in [0.25, 0.3) is 11.1 Å².